The van der Waals surface area contributed by atoms with Gasteiger partial charge in [0.15, 0.2) is 11.9 Å². The fourth-order valence-corrected chi connectivity index (χ4v) is 4.42. The molecule has 2 amide bonds. The first-order chi connectivity index (χ1) is 16.9. The van der Waals surface area contributed by atoms with E-state index in [0.717, 1.165) is 25.9 Å². The lowest BCUT2D eigenvalue weighted by Crippen LogP contribution is -2.53. The number of ether oxygens (including phenoxy) is 2. The van der Waals surface area contributed by atoms with Crippen molar-refractivity contribution >= 4 is 17.5 Å². The first-order valence-electron chi connectivity index (χ1n) is 11.8. The molecular formula is C24H27F2N5O4. The molecule has 3 aliphatic heterocycles. The number of likely N-dealkylation sites (tertiary alicyclic amines) is 1. The Labute approximate surface area is 201 Å². The van der Waals surface area contributed by atoms with Crippen LogP contribution in [0, 0.1) is 11.8 Å². The van der Waals surface area contributed by atoms with Crippen LogP contribution in [0.15, 0.2) is 24.3 Å². The number of anilines is 1. The van der Waals surface area contributed by atoms with Gasteiger partial charge in [0.2, 0.25) is 0 Å². The predicted octanol–water partition coefficient (Wildman–Crippen LogP) is 2.47. The zero-order valence-corrected chi connectivity index (χ0v) is 19.4. The van der Waals surface area contributed by atoms with Gasteiger partial charge in [-0.3, -0.25) is 19.9 Å². The van der Waals surface area contributed by atoms with Gasteiger partial charge in [-0.25, -0.2) is 14.4 Å². The Hall–Kier alpha value is -3.31. The molecule has 2 fully saturated rings. The topological polar surface area (TPSA) is 96.0 Å². The minimum Gasteiger partial charge on any atom is -0.483 e. The van der Waals surface area contributed by atoms with Crippen LogP contribution in [0.3, 0.4) is 0 Å². The summed E-state index contributed by atoms with van der Waals surface area (Å²) in [6, 6.07) is 5.71. The number of hydrogen-bond donors (Lipinski definition) is 2. The minimum atomic E-state index is -0.848. The van der Waals surface area contributed by atoms with E-state index in [1.165, 1.54) is 18.2 Å². The summed E-state index contributed by atoms with van der Waals surface area (Å²) in [5.74, 6) is -1.67. The van der Waals surface area contributed by atoms with Gasteiger partial charge in [0.05, 0.1) is 5.69 Å². The molecule has 1 aromatic heterocycles. The van der Waals surface area contributed by atoms with Gasteiger partial charge in [-0.05, 0) is 37.5 Å². The molecule has 2 N–H and O–H groups in total. The van der Waals surface area contributed by atoms with Crippen molar-refractivity contribution in [2.24, 2.45) is 0 Å². The molecule has 9 nitrogen and oxygen atoms in total. The van der Waals surface area contributed by atoms with Gasteiger partial charge in [0.25, 0.3) is 17.8 Å². The monoisotopic (exact) mass is 487 g/mol. The average Bonchev–Trinajstić information content (AvgIpc) is 3.32. The van der Waals surface area contributed by atoms with E-state index in [-0.39, 0.29) is 23.5 Å². The van der Waals surface area contributed by atoms with Gasteiger partial charge < -0.3 is 14.8 Å². The smallest absolute Gasteiger partial charge is 0.284 e. The van der Waals surface area contributed by atoms with Crippen molar-refractivity contribution < 1.29 is 27.8 Å². The molecule has 0 radical (unpaired) electrons. The quantitative estimate of drug-likeness (QED) is 0.580. The number of amides is 2. The number of pyridine rings is 1. The first-order valence-corrected chi connectivity index (χ1v) is 11.8. The largest absolute Gasteiger partial charge is 0.483 e. The third-order valence-corrected chi connectivity index (χ3v) is 6.36. The van der Waals surface area contributed by atoms with Crippen LogP contribution < -0.4 is 20.2 Å². The average molecular weight is 488 g/mol. The van der Waals surface area contributed by atoms with E-state index in [1.807, 2.05) is 11.8 Å². The highest BCUT2D eigenvalue weighted by atomic mass is 19.1. The summed E-state index contributed by atoms with van der Waals surface area (Å²) >= 11 is 0. The molecule has 35 heavy (non-hydrogen) atoms. The zero-order valence-electron chi connectivity index (χ0n) is 19.4. The Kier molecular flexibility index (Phi) is 6.52. The summed E-state index contributed by atoms with van der Waals surface area (Å²) in [5.41, 5.74) is 3.58. The summed E-state index contributed by atoms with van der Waals surface area (Å²) in [6.45, 7) is 4.60. The molecule has 4 heterocycles. The molecule has 1 unspecified atom stereocenters. The van der Waals surface area contributed by atoms with Crippen LogP contribution in [0.4, 0.5) is 14.5 Å². The van der Waals surface area contributed by atoms with E-state index < -0.39 is 23.8 Å². The summed E-state index contributed by atoms with van der Waals surface area (Å²) in [4.78, 5) is 30.0. The first kappa shape index (κ1) is 23.4. The second kappa shape index (κ2) is 9.74. The summed E-state index contributed by atoms with van der Waals surface area (Å²) in [5, 5.41) is 4.56. The van der Waals surface area contributed by atoms with Crippen LogP contribution in [-0.2, 0) is 11.3 Å². The Balaban J connectivity index is 1.14. The predicted molar refractivity (Wildman–Crippen MR) is 122 cm³/mol. The van der Waals surface area contributed by atoms with Gasteiger partial charge in [-0.15, -0.1) is 0 Å². The van der Waals surface area contributed by atoms with Crippen LogP contribution in [0.5, 0.6) is 11.5 Å². The van der Waals surface area contributed by atoms with Gasteiger partial charge in [0.1, 0.15) is 23.4 Å². The number of carbonyl (C=O) groups excluding carboxylic acids is 2. The summed E-state index contributed by atoms with van der Waals surface area (Å²) in [6.07, 6.45) is 1.61. The fraction of sp³-hybridized carbons (Fsp3) is 0.458. The van der Waals surface area contributed by atoms with E-state index >= 15 is 0 Å². The number of carbonyl (C=O) groups is 2. The van der Waals surface area contributed by atoms with Crippen LogP contribution in [0.2, 0.25) is 0 Å². The maximum absolute atomic E-state index is 14.6. The van der Waals surface area contributed by atoms with Gasteiger partial charge in [0, 0.05) is 44.4 Å². The number of fused-ring (bicyclic) bond motifs is 1. The number of hydrogen-bond acceptors (Lipinski definition) is 7. The second-order valence-corrected chi connectivity index (χ2v) is 9.00. The number of aromatic nitrogens is 1. The van der Waals surface area contributed by atoms with Gasteiger partial charge >= 0.3 is 0 Å². The van der Waals surface area contributed by atoms with Crippen molar-refractivity contribution in [2.75, 3.05) is 31.5 Å². The summed E-state index contributed by atoms with van der Waals surface area (Å²) < 4.78 is 40.3. The molecule has 2 aromatic rings. The zero-order chi connectivity index (χ0) is 24.5. The third-order valence-electron chi connectivity index (χ3n) is 6.36. The molecule has 0 spiro atoms. The van der Waals surface area contributed by atoms with Crippen LogP contribution >= 0.6 is 0 Å². The second-order valence-electron chi connectivity index (χ2n) is 9.00. The summed E-state index contributed by atoms with van der Waals surface area (Å²) in [7, 11) is 0. The fourth-order valence-electron chi connectivity index (χ4n) is 4.42. The normalized spacial score (nSPS) is 20.5. The lowest BCUT2D eigenvalue weighted by Gasteiger charge is -2.39. The molecule has 186 valence electrons. The Morgan fingerprint density at radius 1 is 1.26 bits per heavy atom. The molecule has 0 bridgehead atoms. The van der Waals surface area contributed by atoms with Crippen molar-refractivity contribution in [3.63, 3.8) is 0 Å². The van der Waals surface area contributed by atoms with E-state index in [2.05, 4.69) is 15.7 Å². The molecular weight excluding hydrogens is 460 g/mol. The SMILES string of the molecule is CCC1Oc2cc(F)c(CN3CC(Oc4ccc(C(=O)NN5CCCC5)nc4F)C3)cc2NC1=O. The number of nitrogens with one attached hydrogen (secondary N) is 2. The molecule has 5 rings (SSSR count). The van der Waals surface area contributed by atoms with Crippen molar-refractivity contribution in [1.82, 2.24) is 20.3 Å². The molecule has 0 aliphatic carbocycles. The lowest BCUT2D eigenvalue weighted by atomic mass is 10.1. The molecule has 2 saturated heterocycles. The standard InChI is InChI=1S/C24H27F2N5O4/c1-2-19-24(33)28-18-9-14(16(25)10-21(18)35-19)11-30-12-15(13-30)34-20-6-5-17(27-22(20)26)23(32)29-31-7-3-4-8-31/h5-6,9-10,15,19H,2-4,7-8,11-13H2,1H3,(H,28,33)(H,29,32). The molecule has 11 heteroatoms. The number of halogens is 2. The highest BCUT2D eigenvalue weighted by Gasteiger charge is 2.32. The van der Waals surface area contributed by atoms with Crippen LogP contribution in [-0.4, -0.2) is 65.1 Å². The van der Waals surface area contributed by atoms with Gasteiger partial charge in [-0.1, -0.05) is 6.92 Å². The van der Waals surface area contributed by atoms with Crippen molar-refractivity contribution in [3.05, 3.63) is 47.3 Å². The Bertz CT molecular complexity index is 1140. The highest BCUT2D eigenvalue weighted by molar-refractivity contribution is 5.97. The maximum atomic E-state index is 14.6. The van der Waals surface area contributed by atoms with Crippen molar-refractivity contribution in [2.45, 2.75) is 44.9 Å². The van der Waals surface area contributed by atoms with Crippen LogP contribution in [0.1, 0.15) is 42.2 Å². The number of rotatable bonds is 7. The Morgan fingerprint density at radius 2 is 2.03 bits per heavy atom. The van der Waals surface area contributed by atoms with Gasteiger partial charge in [-0.2, -0.15) is 4.39 Å². The van der Waals surface area contributed by atoms with Crippen molar-refractivity contribution in [3.8, 4) is 11.5 Å². The highest BCUT2D eigenvalue weighted by Crippen LogP contribution is 2.34. The number of nitrogens with zero attached hydrogens (tertiary/aromatic N) is 3. The third kappa shape index (κ3) is 5.06. The van der Waals surface area contributed by atoms with E-state index in [0.29, 0.717) is 43.1 Å². The number of benzene rings is 1. The van der Waals surface area contributed by atoms with E-state index in [4.69, 9.17) is 9.47 Å². The maximum Gasteiger partial charge on any atom is 0.284 e. The van der Waals surface area contributed by atoms with Crippen LogP contribution in [0.25, 0.3) is 0 Å². The lowest BCUT2D eigenvalue weighted by molar-refractivity contribution is -0.123. The van der Waals surface area contributed by atoms with E-state index in [9.17, 15) is 18.4 Å². The molecule has 0 saturated carbocycles. The Morgan fingerprint density at radius 3 is 2.74 bits per heavy atom. The molecule has 1 atom stereocenters. The molecule has 3 aliphatic rings. The molecule has 1 aromatic carbocycles. The van der Waals surface area contributed by atoms with E-state index in [1.54, 1.807) is 11.1 Å². The number of hydrazine groups is 1. The minimum absolute atomic E-state index is 0.0128. The van der Waals surface area contributed by atoms with Crippen molar-refractivity contribution in [1.29, 1.82) is 0 Å².